The zero-order valence-corrected chi connectivity index (χ0v) is 11.3. The molecule has 7 heteroatoms. The summed E-state index contributed by atoms with van der Waals surface area (Å²) in [5.74, 6) is -0.0578. The lowest BCUT2D eigenvalue weighted by molar-refractivity contribution is -0.384. The molecule has 108 valence electrons. The molecule has 0 atom stereocenters. The largest absolute Gasteiger partial charge is 0.496 e. The Morgan fingerprint density at radius 2 is 2.05 bits per heavy atom. The van der Waals surface area contributed by atoms with Gasteiger partial charge in [0.05, 0.1) is 17.6 Å². The van der Waals surface area contributed by atoms with Crippen LogP contribution in [0.2, 0.25) is 0 Å². The first-order valence-electron chi connectivity index (χ1n) is 6.50. The van der Waals surface area contributed by atoms with E-state index in [4.69, 9.17) is 4.74 Å². The van der Waals surface area contributed by atoms with Crippen molar-refractivity contribution in [2.24, 2.45) is 0 Å². The van der Waals surface area contributed by atoms with E-state index in [1.165, 1.54) is 25.3 Å². The van der Waals surface area contributed by atoms with Gasteiger partial charge in [-0.1, -0.05) is 6.42 Å². The number of piperidine rings is 1. The topological polar surface area (TPSA) is 84.7 Å². The molecule has 1 aliphatic rings. The van der Waals surface area contributed by atoms with Crippen LogP contribution in [0.1, 0.15) is 29.6 Å². The molecule has 0 aromatic heterocycles. The SMILES string of the molecule is COc1ccc([N+](=O)[O-])cc1C(=O)NN1CCCCC1. The van der Waals surface area contributed by atoms with Gasteiger partial charge in [-0.2, -0.15) is 0 Å². The fraction of sp³-hybridized carbons (Fsp3) is 0.462. The number of carbonyl (C=O) groups is 1. The molecule has 1 aromatic carbocycles. The van der Waals surface area contributed by atoms with E-state index in [1.807, 2.05) is 5.01 Å². The summed E-state index contributed by atoms with van der Waals surface area (Å²) >= 11 is 0. The van der Waals surface area contributed by atoms with Crippen molar-refractivity contribution in [2.75, 3.05) is 20.2 Å². The average molecular weight is 279 g/mol. The highest BCUT2D eigenvalue weighted by molar-refractivity contribution is 5.97. The van der Waals surface area contributed by atoms with Crippen molar-refractivity contribution in [3.05, 3.63) is 33.9 Å². The van der Waals surface area contributed by atoms with E-state index < -0.39 is 4.92 Å². The van der Waals surface area contributed by atoms with Gasteiger partial charge in [-0.05, 0) is 18.9 Å². The quantitative estimate of drug-likeness (QED) is 0.670. The highest BCUT2D eigenvalue weighted by Gasteiger charge is 2.20. The van der Waals surface area contributed by atoms with Crippen LogP contribution in [0, 0.1) is 10.1 Å². The molecule has 1 aromatic rings. The highest BCUT2D eigenvalue weighted by Crippen LogP contribution is 2.24. The van der Waals surface area contributed by atoms with E-state index in [2.05, 4.69) is 5.43 Å². The number of carbonyl (C=O) groups excluding carboxylic acids is 1. The normalized spacial score (nSPS) is 15.7. The van der Waals surface area contributed by atoms with E-state index in [1.54, 1.807) is 0 Å². The van der Waals surface area contributed by atoms with Crippen molar-refractivity contribution in [1.82, 2.24) is 10.4 Å². The van der Waals surface area contributed by atoms with Crippen LogP contribution < -0.4 is 10.2 Å². The molecule has 7 nitrogen and oxygen atoms in total. The third-order valence-electron chi connectivity index (χ3n) is 3.25. The Bertz CT molecular complexity index is 512. The molecule has 1 heterocycles. The minimum Gasteiger partial charge on any atom is -0.496 e. The molecule has 0 radical (unpaired) electrons. The van der Waals surface area contributed by atoms with Crippen LogP contribution in [0.3, 0.4) is 0 Å². The molecule has 0 bridgehead atoms. The zero-order chi connectivity index (χ0) is 14.5. The molecule has 2 rings (SSSR count). The minimum absolute atomic E-state index is 0.130. The summed E-state index contributed by atoms with van der Waals surface area (Å²) in [6, 6.07) is 3.98. The number of nitro benzene ring substituents is 1. The molecule has 1 saturated heterocycles. The third kappa shape index (κ3) is 3.24. The molecule has 1 N–H and O–H groups in total. The minimum atomic E-state index is -0.531. The number of hydrogen-bond donors (Lipinski definition) is 1. The Balaban J connectivity index is 2.18. The maximum atomic E-state index is 12.2. The Morgan fingerprint density at radius 3 is 2.65 bits per heavy atom. The van der Waals surface area contributed by atoms with Gasteiger partial charge in [0, 0.05) is 25.2 Å². The number of non-ortho nitro benzene ring substituents is 1. The maximum absolute atomic E-state index is 12.2. The van der Waals surface area contributed by atoms with E-state index in [9.17, 15) is 14.9 Å². The summed E-state index contributed by atoms with van der Waals surface area (Å²) in [4.78, 5) is 22.5. The first-order chi connectivity index (χ1) is 9.61. The number of amides is 1. The van der Waals surface area contributed by atoms with Crippen LogP contribution in [-0.2, 0) is 0 Å². The van der Waals surface area contributed by atoms with Gasteiger partial charge < -0.3 is 4.74 Å². The van der Waals surface area contributed by atoms with Crippen molar-refractivity contribution in [3.8, 4) is 5.75 Å². The van der Waals surface area contributed by atoms with Gasteiger partial charge >= 0.3 is 0 Å². The summed E-state index contributed by atoms with van der Waals surface area (Å²) in [6.07, 6.45) is 3.23. The van der Waals surface area contributed by atoms with Crippen LogP contribution in [0.4, 0.5) is 5.69 Å². The number of rotatable bonds is 4. The molecular formula is C13H17N3O4. The van der Waals surface area contributed by atoms with Crippen molar-refractivity contribution in [2.45, 2.75) is 19.3 Å². The highest BCUT2D eigenvalue weighted by atomic mass is 16.6. The lowest BCUT2D eigenvalue weighted by Gasteiger charge is -2.27. The molecule has 0 unspecified atom stereocenters. The fourth-order valence-corrected chi connectivity index (χ4v) is 2.20. The third-order valence-corrected chi connectivity index (χ3v) is 3.25. The van der Waals surface area contributed by atoms with E-state index in [0.717, 1.165) is 32.4 Å². The summed E-state index contributed by atoms with van der Waals surface area (Å²) in [5.41, 5.74) is 2.81. The molecular weight excluding hydrogens is 262 g/mol. The van der Waals surface area contributed by atoms with Gasteiger partial charge in [0.2, 0.25) is 0 Å². The number of nitrogens with zero attached hydrogens (tertiary/aromatic N) is 2. The first kappa shape index (κ1) is 14.3. The number of nitrogens with one attached hydrogen (secondary N) is 1. The Hall–Kier alpha value is -2.15. The number of ether oxygens (including phenoxy) is 1. The predicted molar refractivity (Wildman–Crippen MR) is 72.5 cm³/mol. The van der Waals surface area contributed by atoms with Crippen molar-refractivity contribution in [1.29, 1.82) is 0 Å². The summed E-state index contributed by atoms with van der Waals surface area (Å²) in [7, 11) is 1.43. The standard InChI is InChI=1S/C13H17N3O4/c1-20-12-6-5-10(16(18)19)9-11(12)13(17)14-15-7-3-2-4-8-15/h5-6,9H,2-4,7-8H2,1H3,(H,14,17). The zero-order valence-electron chi connectivity index (χ0n) is 11.3. The summed E-state index contributed by atoms with van der Waals surface area (Å²) in [6.45, 7) is 1.59. The van der Waals surface area contributed by atoms with Crippen LogP contribution >= 0.6 is 0 Å². The van der Waals surface area contributed by atoms with Gasteiger partial charge in [-0.15, -0.1) is 0 Å². The van der Waals surface area contributed by atoms with Crippen LogP contribution in [0.25, 0.3) is 0 Å². The van der Waals surface area contributed by atoms with Gasteiger partial charge in [0.15, 0.2) is 0 Å². The lowest BCUT2D eigenvalue weighted by atomic mass is 10.1. The smallest absolute Gasteiger partial charge is 0.270 e. The molecule has 0 aliphatic carbocycles. The van der Waals surface area contributed by atoms with Crippen molar-refractivity contribution in [3.63, 3.8) is 0 Å². The number of hydrogen-bond acceptors (Lipinski definition) is 5. The fourth-order valence-electron chi connectivity index (χ4n) is 2.20. The first-order valence-corrected chi connectivity index (χ1v) is 6.50. The van der Waals surface area contributed by atoms with Gasteiger partial charge in [-0.25, -0.2) is 5.01 Å². The second kappa shape index (κ2) is 6.33. The predicted octanol–water partition coefficient (Wildman–Crippen LogP) is 1.73. The number of methoxy groups -OCH3 is 1. The number of hydrazine groups is 1. The Morgan fingerprint density at radius 1 is 1.35 bits per heavy atom. The molecule has 0 spiro atoms. The second-order valence-corrected chi connectivity index (χ2v) is 4.63. The van der Waals surface area contributed by atoms with E-state index in [-0.39, 0.29) is 17.2 Å². The maximum Gasteiger partial charge on any atom is 0.270 e. The second-order valence-electron chi connectivity index (χ2n) is 4.63. The average Bonchev–Trinajstić information content (AvgIpc) is 2.47. The molecule has 0 saturated carbocycles. The monoisotopic (exact) mass is 279 g/mol. The van der Waals surface area contributed by atoms with Crippen LogP contribution in [0.15, 0.2) is 18.2 Å². The Kier molecular flexibility index (Phi) is 4.52. The number of nitro groups is 1. The molecule has 1 amide bonds. The number of benzene rings is 1. The van der Waals surface area contributed by atoms with Crippen LogP contribution in [-0.4, -0.2) is 36.0 Å². The van der Waals surface area contributed by atoms with E-state index in [0.29, 0.717) is 5.75 Å². The van der Waals surface area contributed by atoms with Gasteiger partial charge in [-0.3, -0.25) is 20.3 Å². The molecule has 1 aliphatic heterocycles. The van der Waals surface area contributed by atoms with E-state index >= 15 is 0 Å². The van der Waals surface area contributed by atoms with Crippen molar-refractivity contribution < 1.29 is 14.5 Å². The van der Waals surface area contributed by atoms with Gasteiger partial charge in [0.1, 0.15) is 5.75 Å². The lowest BCUT2D eigenvalue weighted by Crippen LogP contribution is -2.45. The van der Waals surface area contributed by atoms with Gasteiger partial charge in [0.25, 0.3) is 11.6 Å². The summed E-state index contributed by atoms with van der Waals surface area (Å²) in [5, 5.41) is 12.6. The van der Waals surface area contributed by atoms with Crippen LogP contribution in [0.5, 0.6) is 5.75 Å². The summed E-state index contributed by atoms with van der Waals surface area (Å²) < 4.78 is 5.09. The molecule has 1 fully saturated rings. The molecule has 20 heavy (non-hydrogen) atoms. The Labute approximate surface area is 116 Å². The van der Waals surface area contributed by atoms with Crippen molar-refractivity contribution >= 4 is 11.6 Å².